The first-order valence-corrected chi connectivity index (χ1v) is 6.84. The maximum absolute atomic E-state index is 11.7. The van der Waals surface area contributed by atoms with E-state index in [9.17, 15) is 9.59 Å². The fourth-order valence-electron chi connectivity index (χ4n) is 1.18. The van der Waals surface area contributed by atoms with Gasteiger partial charge in [-0.2, -0.15) is 0 Å². The van der Waals surface area contributed by atoms with Crippen molar-refractivity contribution in [3.63, 3.8) is 0 Å². The van der Waals surface area contributed by atoms with Crippen molar-refractivity contribution in [1.29, 1.82) is 0 Å². The van der Waals surface area contributed by atoms with E-state index in [-0.39, 0.29) is 19.0 Å². The third-order valence-electron chi connectivity index (χ3n) is 2.09. The van der Waals surface area contributed by atoms with E-state index in [1.54, 1.807) is 6.07 Å². The van der Waals surface area contributed by atoms with Crippen molar-refractivity contribution in [1.82, 2.24) is 10.6 Å². The van der Waals surface area contributed by atoms with Crippen LogP contribution in [0.2, 0.25) is 10.0 Å². The van der Waals surface area contributed by atoms with Crippen molar-refractivity contribution < 1.29 is 9.59 Å². The Balaban J connectivity index is 2.39. The Morgan fingerprint density at radius 1 is 1.05 bits per heavy atom. The zero-order valence-corrected chi connectivity index (χ0v) is 12.6. The van der Waals surface area contributed by atoms with E-state index in [2.05, 4.69) is 10.6 Å². The quantitative estimate of drug-likeness (QED) is 0.637. The zero-order valence-electron chi connectivity index (χ0n) is 9.55. The molecule has 0 unspecified atom stereocenters. The fourth-order valence-corrected chi connectivity index (χ4v) is 1.63. The second-order valence-corrected chi connectivity index (χ2v) is 5.39. The van der Waals surface area contributed by atoms with Gasteiger partial charge in [0.05, 0.1) is 10.0 Å². The zero-order chi connectivity index (χ0) is 14.4. The van der Waals surface area contributed by atoms with Crippen LogP contribution >= 0.6 is 46.4 Å². The van der Waals surface area contributed by atoms with E-state index in [0.29, 0.717) is 15.6 Å². The number of hydrogen-bond donors (Lipinski definition) is 2. The Morgan fingerprint density at radius 3 is 2.26 bits per heavy atom. The van der Waals surface area contributed by atoms with Crippen LogP contribution in [0.5, 0.6) is 0 Å². The van der Waals surface area contributed by atoms with Gasteiger partial charge in [0.2, 0.25) is 0 Å². The number of alkyl halides is 2. The predicted molar refractivity (Wildman–Crippen MR) is 77.3 cm³/mol. The van der Waals surface area contributed by atoms with Crippen LogP contribution in [-0.2, 0) is 4.79 Å². The highest BCUT2D eigenvalue weighted by molar-refractivity contribution is 6.53. The van der Waals surface area contributed by atoms with Crippen LogP contribution in [0, 0.1) is 0 Å². The maximum Gasteiger partial charge on any atom is 0.253 e. The average Bonchev–Trinajstić information content (AvgIpc) is 2.37. The van der Waals surface area contributed by atoms with Crippen molar-refractivity contribution in [2.45, 2.75) is 4.84 Å². The summed E-state index contributed by atoms with van der Waals surface area (Å²) in [5.41, 5.74) is 0.383. The van der Waals surface area contributed by atoms with E-state index >= 15 is 0 Å². The second kappa shape index (κ2) is 7.80. The number of carbonyl (C=O) groups is 2. The monoisotopic (exact) mass is 342 g/mol. The van der Waals surface area contributed by atoms with Crippen molar-refractivity contribution in [2.24, 2.45) is 0 Å². The van der Waals surface area contributed by atoms with Gasteiger partial charge in [-0.15, -0.1) is 0 Å². The predicted octanol–water partition coefficient (Wildman–Crippen LogP) is 2.64. The first kappa shape index (κ1) is 16.4. The molecule has 0 radical (unpaired) electrons. The van der Waals surface area contributed by atoms with E-state index in [1.807, 2.05) is 0 Å². The van der Waals surface area contributed by atoms with E-state index < -0.39 is 10.7 Å². The number of hydrogen-bond acceptors (Lipinski definition) is 2. The van der Waals surface area contributed by atoms with Crippen molar-refractivity contribution in [3.8, 4) is 0 Å². The lowest BCUT2D eigenvalue weighted by Crippen LogP contribution is -2.36. The Labute approximate surface area is 130 Å². The largest absolute Gasteiger partial charge is 0.352 e. The molecule has 1 aromatic carbocycles. The molecule has 0 aliphatic rings. The summed E-state index contributed by atoms with van der Waals surface area (Å²) in [5, 5.41) is 5.72. The molecular weight excluding hydrogens is 334 g/mol. The third kappa shape index (κ3) is 5.45. The molecule has 0 bridgehead atoms. The second-order valence-electron chi connectivity index (χ2n) is 3.48. The molecule has 8 heteroatoms. The number of amides is 2. The first-order chi connectivity index (χ1) is 8.91. The normalized spacial score (nSPS) is 10.4. The number of benzene rings is 1. The van der Waals surface area contributed by atoms with Crippen molar-refractivity contribution in [2.75, 3.05) is 13.1 Å². The molecule has 0 aliphatic carbocycles. The van der Waals surface area contributed by atoms with Gasteiger partial charge in [0.25, 0.3) is 11.8 Å². The van der Waals surface area contributed by atoms with E-state index in [4.69, 9.17) is 46.4 Å². The van der Waals surface area contributed by atoms with Gasteiger partial charge in [0.15, 0.2) is 4.84 Å². The number of nitrogens with one attached hydrogen (secondary N) is 2. The van der Waals surface area contributed by atoms with Crippen molar-refractivity contribution in [3.05, 3.63) is 33.8 Å². The Kier molecular flexibility index (Phi) is 6.72. The summed E-state index contributed by atoms with van der Waals surface area (Å²) in [4.78, 5) is 21.6. The molecule has 0 atom stereocenters. The molecule has 0 aliphatic heterocycles. The molecule has 2 amide bonds. The fraction of sp³-hybridized carbons (Fsp3) is 0.273. The Morgan fingerprint density at radius 2 is 1.68 bits per heavy atom. The van der Waals surface area contributed by atoms with Gasteiger partial charge in [-0.1, -0.05) is 46.4 Å². The Bertz CT molecular complexity index is 480. The lowest BCUT2D eigenvalue weighted by molar-refractivity contribution is -0.119. The highest BCUT2D eigenvalue weighted by atomic mass is 35.5. The highest BCUT2D eigenvalue weighted by Crippen LogP contribution is 2.22. The molecule has 19 heavy (non-hydrogen) atoms. The van der Waals surface area contributed by atoms with Crippen molar-refractivity contribution >= 4 is 58.2 Å². The summed E-state index contributed by atoms with van der Waals surface area (Å²) in [6, 6.07) is 4.55. The molecule has 0 saturated heterocycles. The number of halogens is 4. The van der Waals surface area contributed by atoms with Crippen LogP contribution in [-0.4, -0.2) is 29.7 Å². The summed E-state index contributed by atoms with van der Waals surface area (Å²) in [7, 11) is 0. The summed E-state index contributed by atoms with van der Waals surface area (Å²) in [6.45, 7) is 0.465. The van der Waals surface area contributed by atoms with Gasteiger partial charge in [-0.05, 0) is 18.2 Å². The molecule has 0 spiro atoms. The van der Waals surface area contributed by atoms with E-state index in [1.165, 1.54) is 12.1 Å². The molecule has 4 nitrogen and oxygen atoms in total. The lowest BCUT2D eigenvalue weighted by Gasteiger charge is -2.08. The summed E-state index contributed by atoms with van der Waals surface area (Å²) in [6.07, 6.45) is 0. The van der Waals surface area contributed by atoms with Crippen LogP contribution < -0.4 is 10.6 Å². The number of carbonyl (C=O) groups excluding carboxylic acids is 2. The highest BCUT2D eigenvalue weighted by Gasteiger charge is 2.11. The van der Waals surface area contributed by atoms with Gasteiger partial charge in [-0.25, -0.2) is 0 Å². The molecule has 2 N–H and O–H groups in total. The summed E-state index contributed by atoms with van der Waals surface area (Å²) in [5.74, 6) is -0.826. The molecule has 0 fully saturated rings. The first-order valence-electron chi connectivity index (χ1n) is 5.21. The van der Waals surface area contributed by atoms with Gasteiger partial charge < -0.3 is 10.6 Å². The van der Waals surface area contributed by atoms with Crippen LogP contribution in [0.3, 0.4) is 0 Å². The summed E-state index contributed by atoms with van der Waals surface area (Å²) < 4.78 is 0. The molecular formula is C11H10Cl4N2O2. The molecule has 1 rings (SSSR count). The topological polar surface area (TPSA) is 58.2 Å². The maximum atomic E-state index is 11.7. The smallest absolute Gasteiger partial charge is 0.253 e. The molecule has 0 saturated carbocycles. The van der Waals surface area contributed by atoms with Gasteiger partial charge in [-0.3, -0.25) is 9.59 Å². The lowest BCUT2D eigenvalue weighted by atomic mass is 10.2. The van der Waals surface area contributed by atoms with E-state index in [0.717, 1.165) is 0 Å². The van der Waals surface area contributed by atoms with Gasteiger partial charge >= 0.3 is 0 Å². The summed E-state index contributed by atoms with van der Waals surface area (Å²) >= 11 is 22.2. The standard InChI is InChI=1S/C11H10Cl4N2O2/c12-7-2-1-6(5-8(7)13)10(18)16-3-4-17-11(19)9(14)15/h1-2,5,9H,3-4H2,(H,16,18)(H,17,19). The molecule has 0 aromatic heterocycles. The van der Waals surface area contributed by atoms with Crippen LogP contribution in [0.15, 0.2) is 18.2 Å². The SMILES string of the molecule is O=C(NCCNC(=O)C(Cl)Cl)c1ccc(Cl)c(Cl)c1. The molecule has 1 aromatic rings. The van der Waals surface area contributed by atoms with Crippen LogP contribution in [0.4, 0.5) is 0 Å². The van der Waals surface area contributed by atoms with Crippen LogP contribution in [0.25, 0.3) is 0 Å². The van der Waals surface area contributed by atoms with Gasteiger partial charge in [0.1, 0.15) is 0 Å². The minimum absolute atomic E-state index is 0.224. The number of rotatable bonds is 5. The Hall–Kier alpha value is -0.680. The van der Waals surface area contributed by atoms with Gasteiger partial charge in [0, 0.05) is 18.7 Å². The molecule has 104 valence electrons. The minimum Gasteiger partial charge on any atom is -0.352 e. The third-order valence-corrected chi connectivity index (χ3v) is 3.23. The molecule has 0 heterocycles. The minimum atomic E-state index is -1.12. The average molecular weight is 344 g/mol. The van der Waals surface area contributed by atoms with Crippen LogP contribution in [0.1, 0.15) is 10.4 Å².